The average molecular weight is 824 g/mol. The van der Waals surface area contributed by atoms with Crippen LogP contribution in [-0.4, -0.2) is 64.4 Å². The van der Waals surface area contributed by atoms with Gasteiger partial charge in [0.1, 0.15) is 36.4 Å². The summed E-state index contributed by atoms with van der Waals surface area (Å²) in [4.78, 5) is 64.0. The third-order valence-corrected chi connectivity index (χ3v) is 12.1. The molecular formula is C43H42FN5O9S. The van der Waals surface area contributed by atoms with Gasteiger partial charge in [-0.1, -0.05) is 54.6 Å². The first kappa shape index (κ1) is 39.6. The van der Waals surface area contributed by atoms with Gasteiger partial charge in [-0.25, -0.2) is 13.4 Å². The van der Waals surface area contributed by atoms with Crippen molar-refractivity contribution in [2.45, 2.75) is 57.6 Å². The normalized spacial score (nSPS) is 17.6. The number of imide groups is 1. The SMILES string of the molecule is O=C(CCCCOc1ccc2cc(OCc3ccccc3)c(N3CC(=O)NS3(O)O)c(F)c2c1)NCCCc1ccc2c3c(cccc13)C(=O)N2C1CCC(=O)NC1=O. The Labute approximate surface area is 340 Å². The van der Waals surface area contributed by atoms with Crippen molar-refractivity contribution in [3.63, 3.8) is 0 Å². The Hall–Kier alpha value is -6.23. The number of ether oxygens (including phenoxy) is 2. The van der Waals surface area contributed by atoms with Crippen molar-refractivity contribution in [3.8, 4) is 11.5 Å². The highest BCUT2D eigenvalue weighted by Gasteiger charge is 2.41. The molecule has 1 unspecified atom stereocenters. The number of benzene rings is 5. The molecule has 0 spiro atoms. The number of carbonyl (C=O) groups is 5. The van der Waals surface area contributed by atoms with Crippen LogP contribution in [0.3, 0.4) is 0 Å². The van der Waals surface area contributed by atoms with Crippen LogP contribution in [0.4, 0.5) is 15.8 Å². The van der Waals surface area contributed by atoms with E-state index >= 15 is 4.39 Å². The van der Waals surface area contributed by atoms with E-state index in [1.165, 1.54) is 11.0 Å². The zero-order valence-corrected chi connectivity index (χ0v) is 32.7. The Kier molecular flexibility index (Phi) is 11.1. The number of carbonyl (C=O) groups excluding carboxylic acids is 5. The molecule has 306 valence electrons. The number of hydrogen-bond acceptors (Lipinski definition) is 10. The smallest absolute Gasteiger partial charge is 0.260 e. The number of halogens is 1. The van der Waals surface area contributed by atoms with Crippen LogP contribution < -0.4 is 34.0 Å². The van der Waals surface area contributed by atoms with Gasteiger partial charge in [-0.15, -0.1) is 0 Å². The lowest BCUT2D eigenvalue weighted by Crippen LogP contribution is -2.53. The third kappa shape index (κ3) is 8.11. The molecule has 0 bridgehead atoms. The molecule has 14 nitrogen and oxygen atoms in total. The van der Waals surface area contributed by atoms with E-state index in [9.17, 15) is 33.1 Å². The minimum absolute atomic E-state index is 0.0428. The second-order valence-corrected chi connectivity index (χ2v) is 16.3. The molecule has 59 heavy (non-hydrogen) atoms. The van der Waals surface area contributed by atoms with Crippen LogP contribution in [0.2, 0.25) is 0 Å². The molecule has 2 saturated heterocycles. The Morgan fingerprint density at radius 1 is 0.898 bits per heavy atom. The van der Waals surface area contributed by atoms with Crippen molar-refractivity contribution < 1.29 is 46.9 Å². The lowest BCUT2D eigenvalue weighted by atomic mass is 9.97. The molecule has 2 fully saturated rings. The van der Waals surface area contributed by atoms with Crippen molar-refractivity contribution in [3.05, 3.63) is 107 Å². The van der Waals surface area contributed by atoms with Crippen LogP contribution in [-0.2, 0) is 32.2 Å². The zero-order chi connectivity index (χ0) is 41.3. The second kappa shape index (κ2) is 16.6. The minimum Gasteiger partial charge on any atom is -0.494 e. The maximum absolute atomic E-state index is 16.3. The highest BCUT2D eigenvalue weighted by atomic mass is 32.3. The number of unbranched alkanes of at least 4 members (excludes halogenated alkanes) is 1. The van der Waals surface area contributed by atoms with Gasteiger partial charge in [0.15, 0.2) is 5.82 Å². The number of amides is 5. The maximum Gasteiger partial charge on any atom is 0.260 e. The molecule has 3 aliphatic rings. The Balaban J connectivity index is 0.830. The van der Waals surface area contributed by atoms with E-state index in [0.29, 0.717) is 61.0 Å². The summed E-state index contributed by atoms with van der Waals surface area (Å²) in [7, 11) is -3.84. The molecule has 3 aliphatic heterocycles. The van der Waals surface area contributed by atoms with E-state index in [0.717, 1.165) is 26.2 Å². The van der Waals surface area contributed by atoms with Crippen molar-refractivity contribution in [2.75, 3.05) is 28.9 Å². The van der Waals surface area contributed by atoms with Crippen LogP contribution in [0.5, 0.6) is 11.5 Å². The molecule has 5 N–H and O–H groups in total. The predicted octanol–water partition coefficient (Wildman–Crippen LogP) is 6.29. The Morgan fingerprint density at radius 3 is 2.51 bits per heavy atom. The Bertz CT molecular complexity index is 2500. The summed E-state index contributed by atoms with van der Waals surface area (Å²) in [6.45, 7) is 0.337. The highest BCUT2D eigenvalue weighted by Crippen LogP contribution is 2.51. The van der Waals surface area contributed by atoms with Gasteiger partial charge in [-0.3, -0.25) is 43.3 Å². The molecule has 8 rings (SSSR count). The third-order valence-electron chi connectivity index (χ3n) is 10.7. The topological polar surface area (TPSA) is 187 Å². The summed E-state index contributed by atoms with van der Waals surface area (Å²) in [5.41, 5.74) is 2.77. The molecule has 0 aliphatic carbocycles. The van der Waals surface area contributed by atoms with Crippen LogP contribution in [0, 0.1) is 5.82 Å². The van der Waals surface area contributed by atoms with Gasteiger partial charge in [0.2, 0.25) is 17.7 Å². The van der Waals surface area contributed by atoms with Gasteiger partial charge >= 0.3 is 0 Å². The number of anilines is 2. The molecule has 5 aromatic carbocycles. The zero-order valence-electron chi connectivity index (χ0n) is 31.9. The molecule has 0 aromatic heterocycles. The summed E-state index contributed by atoms with van der Waals surface area (Å²) in [6.07, 6.45) is 3.17. The lowest BCUT2D eigenvalue weighted by Gasteiger charge is -2.37. The summed E-state index contributed by atoms with van der Waals surface area (Å²) < 4.78 is 52.4. The summed E-state index contributed by atoms with van der Waals surface area (Å²) >= 11 is 0. The number of fused-ring (bicyclic) bond motifs is 1. The Morgan fingerprint density at radius 2 is 1.73 bits per heavy atom. The average Bonchev–Trinajstić information content (AvgIpc) is 3.66. The van der Waals surface area contributed by atoms with Crippen LogP contribution in [0.1, 0.15) is 60.0 Å². The first-order chi connectivity index (χ1) is 28.5. The van der Waals surface area contributed by atoms with Gasteiger partial charge in [-0.2, -0.15) is 0 Å². The monoisotopic (exact) mass is 823 g/mol. The summed E-state index contributed by atoms with van der Waals surface area (Å²) in [5.74, 6) is -2.21. The van der Waals surface area contributed by atoms with E-state index in [1.807, 2.05) is 54.6 Å². The van der Waals surface area contributed by atoms with Crippen LogP contribution in [0.25, 0.3) is 21.5 Å². The first-order valence-corrected chi connectivity index (χ1v) is 20.9. The highest BCUT2D eigenvalue weighted by molar-refractivity contribution is 8.24. The van der Waals surface area contributed by atoms with Crippen molar-refractivity contribution in [1.29, 1.82) is 0 Å². The van der Waals surface area contributed by atoms with Crippen molar-refractivity contribution >= 4 is 73.4 Å². The second-order valence-electron chi connectivity index (χ2n) is 14.6. The molecule has 16 heteroatoms. The van der Waals surface area contributed by atoms with Crippen LogP contribution >= 0.6 is 11.0 Å². The quantitative estimate of drug-likeness (QED) is 0.0594. The van der Waals surface area contributed by atoms with E-state index < -0.39 is 41.2 Å². The number of hydrogen-bond donors (Lipinski definition) is 5. The van der Waals surface area contributed by atoms with Crippen molar-refractivity contribution in [2.24, 2.45) is 0 Å². The van der Waals surface area contributed by atoms with Gasteiger partial charge in [-0.05, 0) is 95.3 Å². The van der Waals surface area contributed by atoms with Crippen molar-refractivity contribution in [1.82, 2.24) is 15.4 Å². The first-order valence-electron chi connectivity index (χ1n) is 19.4. The molecule has 1 atom stereocenters. The number of rotatable bonds is 15. The minimum atomic E-state index is -3.84. The maximum atomic E-state index is 16.3. The molecule has 0 radical (unpaired) electrons. The molecule has 3 heterocycles. The number of nitrogens with zero attached hydrogens (tertiary/aromatic N) is 2. The van der Waals surface area contributed by atoms with E-state index in [4.69, 9.17) is 9.47 Å². The molecule has 5 amide bonds. The lowest BCUT2D eigenvalue weighted by molar-refractivity contribution is -0.134. The molecule has 0 saturated carbocycles. The number of aryl methyl sites for hydroxylation is 1. The van der Waals surface area contributed by atoms with Gasteiger partial charge < -0.3 is 14.8 Å². The fourth-order valence-corrected chi connectivity index (χ4v) is 9.03. The molecule has 5 aromatic rings. The number of piperidine rings is 1. The van der Waals surface area contributed by atoms with E-state index in [-0.39, 0.29) is 60.6 Å². The van der Waals surface area contributed by atoms with Gasteiger partial charge in [0, 0.05) is 35.7 Å². The largest absolute Gasteiger partial charge is 0.494 e. The van der Waals surface area contributed by atoms with Gasteiger partial charge in [0.25, 0.3) is 11.8 Å². The number of nitrogens with one attached hydrogen (secondary N) is 3. The molecular weight excluding hydrogens is 782 g/mol. The van der Waals surface area contributed by atoms with Crippen LogP contribution in [0.15, 0.2) is 84.9 Å². The summed E-state index contributed by atoms with van der Waals surface area (Å²) in [6, 6.07) is 24.3. The standard InChI is InChI=1S/C43H42FN5O9S/c44-40-32-23-29(16-14-28(32)22-35(58-25-26-8-2-1-3-9-26)41(40)48-24-38(52)47-59(48,55)56)57-21-5-4-13-36(50)45-20-7-10-27-15-17-33-39-30(27)11-6-12-31(39)43(54)49(33)34-18-19-37(51)46-42(34)53/h1-3,6,8-9,11-12,14-17,22-23,34,55-56H,4-5,7,10,13,18-21,24-25H2,(H,45,50)(H,47,52)(H,46,51,53). The van der Waals surface area contributed by atoms with E-state index in [1.54, 1.807) is 24.3 Å². The summed E-state index contributed by atoms with van der Waals surface area (Å²) in [5, 5.41) is 7.64. The van der Waals surface area contributed by atoms with Gasteiger partial charge in [0.05, 0.1) is 12.3 Å². The fraction of sp³-hybridized carbons (Fsp3) is 0.279. The fourth-order valence-electron chi connectivity index (χ4n) is 7.83. The van der Waals surface area contributed by atoms with E-state index in [2.05, 4.69) is 15.4 Å². The predicted molar refractivity (Wildman–Crippen MR) is 221 cm³/mol.